The summed E-state index contributed by atoms with van der Waals surface area (Å²) in [5, 5.41) is 6.23. The predicted octanol–water partition coefficient (Wildman–Crippen LogP) is 3.35. The van der Waals surface area contributed by atoms with E-state index in [2.05, 4.69) is 26.7 Å². The van der Waals surface area contributed by atoms with Crippen LogP contribution in [0.25, 0.3) is 0 Å². The lowest BCUT2D eigenvalue weighted by atomic mass is 10.1. The van der Waals surface area contributed by atoms with E-state index in [1.807, 2.05) is 38.2 Å². The highest BCUT2D eigenvalue weighted by Crippen LogP contribution is 2.38. The maximum Gasteiger partial charge on any atom is 0.415 e. The Labute approximate surface area is 169 Å². The number of carbonyl (C=O) groups is 1. The van der Waals surface area contributed by atoms with E-state index in [0.29, 0.717) is 37.0 Å². The topological polar surface area (TPSA) is 88.6 Å². The molecule has 1 atom stereocenters. The molecule has 1 unspecified atom stereocenters. The van der Waals surface area contributed by atoms with Gasteiger partial charge >= 0.3 is 6.09 Å². The number of allylic oxidation sites excluding steroid dienone is 1. The molecule has 0 fully saturated rings. The number of benzene rings is 1. The van der Waals surface area contributed by atoms with E-state index >= 15 is 0 Å². The summed E-state index contributed by atoms with van der Waals surface area (Å²) in [6.45, 7) is 3.16. The van der Waals surface area contributed by atoms with Gasteiger partial charge in [0.05, 0.1) is 0 Å². The number of fused-ring (bicyclic) bond motifs is 1. The minimum Gasteiger partial charge on any atom is -0.466 e. The van der Waals surface area contributed by atoms with Crippen LogP contribution in [0.5, 0.6) is 11.5 Å². The first-order valence-corrected chi connectivity index (χ1v) is 9.82. The Morgan fingerprint density at radius 3 is 3.07 bits per heavy atom. The molecule has 8 heteroatoms. The molecule has 2 N–H and O–H groups in total. The number of hydrogen-bond donors (Lipinski definition) is 2. The summed E-state index contributed by atoms with van der Waals surface area (Å²) in [6.07, 6.45) is 5.95. The van der Waals surface area contributed by atoms with Crippen molar-refractivity contribution in [2.24, 2.45) is 0 Å². The number of para-hydroxylation sites is 1. The normalized spacial score (nSPS) is 17.9. The molecule has 0 saturated carbocycles. The largest absolute Gasteiger partial charge is 0.466 e. The molecule has 3 heterocycles. The van der Waals surface area contributed by atoms with Crippen LogP contribution < -0.4 is 20.1 Å². The number of amides is 1. The van der Waals surface area contributed by atoms with E-state index in [1.165, 1.54) is 0 Å². The second-order valence-corrected chi connectivity index (χ2v) is 7.10. The van der Waals surface area contributed by atoms with Crippen LogP contribution in [0.1, 0.15) is 24.1 Å². The molecule has 1 amide bonds. The van der Waals surface area contributed by atoms with Crippen molar-refractivity contribution in [3.8, 4) is 11.5 Å². The van der Waals surface area contributed by atoms with E-state index in [-0.39, 0.29) is 12.3 Å². The highest BCUT2D eigenvalue weighted by molar-refractivity contribution is 5.72. The predicted molar refractivity (Wildman–Crippen MR) is 110 cm³/mol. The second-order valence-electron chi connectivity index (χ2n) is 7.10. The molecular weight excluding hydrogens is 370 g/mol. The molecule has 1 aromatic carbocycles. The third kappa shape index (κ3) is 4.42. The van der Waals surface area contributed by atoms with Gasteiger partial charge in [-0.05, 0) is 25.8 Å². The van der Waals surface area contributed by atoms with Gasteiger partial charge in [0.1, 0.15) is 5.82 Å². The van der Waals surface area contributed by atoms with Gasteiger partial charge in [-0.1, -0.05) is 24.3 Å². The highest BCUT2D eigenvalue weighted by atomic mass is 16.6. The Hall–Kier alpha value is -3.29. The van der Waals surface area contributed by atoms with Crippen molar-refractivity contribution in [3.63, 3.8) is 0 Å². The number of aromatic nitrogens is 2. The standard InChI is InChI=1S/C21H25N5O3/c1-14-12-17(22-2)24-20(23-14)25-18-13-15-8-7-9-16(19(15)29-18)28-21(27)26-10-5-3-4-6-11-26/h3,5,7-9,12,18H,4,6,10-11,13H2,1-2H3,(H2,22,23,24,25). The summed E-state index contributed by atoms with van der Waals surface area (Å²) in [6, 6.07) is 7.47. The smallest absolute Gasteiger partial charge is 0.415 e. The molecular formula is C21H25N5O3. The van der Waals surface area contributed by atoms with Gasteiger partial charge in [-0.3, -0.25) is 0 Å². The second kappa shape index (κ2) is 8.38. The lowest BCUT2D eigenvalue weighted by Crippen LogP contribution is -2.34. The van der Waals surface area contributed by atoms with Crippen LogP contribution in [0.2, 0.25) is 0 Å². The molecule has 152 valence electrons. The fourth-order valence-corrected chi connectivity index (χ4v) is 3.44. The minimum absolute atomic E-state index is 0.336. The fraction of sp³-hybridized carbons (Fsp3) is 0.381. The van der Waals surface area contributed by atoms with Gasteiger partial charge in [-0.2, -0.15) is 4.98 Å². The Kier molecular flexibility index (Phi) is 5.50. The van der Waals surface area contributed by atoms with Gasteiger partial charge in [0.25, 0.3) is 0 Å². The number of rotatable bonds is 4. The van der Waals surface area contributed by atoms with Crippen LogP contribution in [0.3, 0.4) is 0 Å². The molecule has 1 aromatic heterocycles. The fourth-order valence-electron chi connectivity index (χ4n) is 3.44. The first-order chi connectivity index (χ1) is 14.1. The average molecular weight is 395 g/mol. The van der Waals surface area contributed by atoms with Crippen molar-refractivity contribution in [1.29, 1.82) is 0 Å². The van der Waals surface area contributed by atoms with E-state index in [0.717, 1.165) is 29.9 Å². The lowest BCUT2D eigenvalue weighted by molar-refractivity contribution is 0.154. The van der Waals surface area contributed by atoms with E-state index in [1.54, 1.807) is 11.0 Å². The summed E-state index contributed by atoms with van der Waals surface area (Å²) >= 11 is 0. The van der Waals surface area contributed by atoms with Crippen molar-refractivity contribution >= 4 is 17.9 Å². The number of carbonyl (C=O) groups excluding carboxylic acids is 1. The SMILES string of the molecule is CNc1cc(C)nc(NC2Cc3cccc(OC(=O)N4CC=CCCC4)c3O2)n1. The van der Waals surface area contributed by atoms with Crippen molar-refractivity contribution in [3.05, 3.63) is 47.7 Å². The Balaban J connectivity index is 1.45. The van der Waals surface area contributed by atoms with Gasteiger partial charge in [0, 0.05) is 43.9 Å². The number of hydrogen-bond acceptors (Lipinski definition) is 7. The van der Waals surface area contributed by atoms with Gasteiger partial charge in [0.15, 0.2) is 17.7 Å². The number of ether oxygens (including phenoxy) is 2. The van der Waals surface area contributed by atoms with Gasteiger partial charge in [-0.25, -0.2) is 9.78 Å². The van der Waals surface area contributed by atoms with Crippen LogP contribution in [0, 0.1) is 6.92 Å². The zero-order chi connectivity index (χ0) is 20.2. The number of aryl methyl sites for hydroxylation is 1. The lowest BCUT2D eigenvalue weighted by Gasteiger charge is -2.20. The van der Waals surface area contributed by atoms with Crippen LogP contribution in [-0.2, 0) is 6.42 Å². The first-order valence-electron chi connectivity index (χ1n) is 9.82. The van der Waals surface area contributed by atoms with Crippen LogP contribution in [0.15, 0.2) is 36.4 Å². The molecule has 8 nitrogen and oxygen atoms in total. The van der Waals surface area contributed by atoms with Gasteiger partial charge in [0.2, 0.25) is 5.95 Å². The van der Waals surface area contributed by atoms with E-state index in [9.17, 15) is 4.79 Å². The number of nitrogens with one attached hydrogen (secondary N) is 2. The Bertz CT molecular complexity index is 931. The van der Waals surface area contributed by atoms with Crippen LogP contribution in [0.4, 0.5) is 16.6 Å². The summed E-state index contributed by atoms with van der Waals surface area (Å²) in [4.78, 5) is 23.1. The number of nitrogens with zero attached hydrogens (tertiary/aromatic N) is 3. The summed E-state index contributed by atoms with van der Waals surface area (Å²) in [7, 11) is 1.81. The summed E-state index contributed by atoms with van der Waals surface area (Å²) in [5.74, 6) is 2.25. The monoisotopic (exact) mass is 395 g/mol. The molecule has 2 aliphatic heterocycles. The highest BCUT2D eigenvalue weighted by Gasteiger charge is 2.28. The molecule has 0 bridgehead atoms. The van der Waals surface area contributed by atoms with E-state index in [4.69, 9.17) is 9.47 Å². The van der Waals surface area contributed by atoms with Crippen LogP contribution >= 0.6 is 0 Å². The quantitative estimate of drug-likeness (QED) is 0.768. The summed E-state index contributed by atoms with van der Waals surface area (Å²) < 4.78 is 11.7. The van der Waals surface area contributed by atoms with Gasteiger partial charge in [-0.15, -0.1) is 0 Å². The van der Waals surface area contributed by atoms with E-state index < -0.39 is 0 Å². The Morgan fingerprint density at radius 2 is 2.21 bits per heavy atom. The third-order valence-electron chi connectivity index (χ3n) is 4.87. The first kappa shape index (κ1) is 19.0. The van der Waals surface area contributed by atoms with Crippen molar-refractivity contribution in [2.75, 3.05) is 30.8 Å². The maximum atomic E-state index is 12.6. The van der Waals surface area contributed by atoms with Crippen LogP contribution in [-0.4, -0.2) is 47.3 Å². The molecule has 0 saturated heterocycles. The minimum atomic E-state index is -0.356. The zero-order valence-electron chi connectivity index (χ0n) is 16.6. The molecule has 0 spiro atoms. The number of anilines is 2. The third-order valence-corrected chi connectivity index (χ3v) is 4.87. The van der Waals surface area contributed by atoms with Crippen molar-refractivity contribution in [2.45, 2.75) is 32.4 Å². The average Bonchev–Trinajstić information content (AvgIpc) is 2.93. The Morgan fingerprint density at radius 1 is 1.31 bits per heavy atom. The summed E-state index contributed by atoms with van der Waals surface area (Å²) in [5.41, 5.74) is 1.83. The maximum absolute atomic E-state index is 12.6. The molecule has 0 aliphatic carbocycles. The molecule has 29 heavy (non-hydrogen) atoms. The molecule has 4 rings (SSSR count). The molecule has 0 radical (unpaired) electrons. The molecule has 2 aliphatic rings. The zero-order valence-corrected chi connectivity index (χ0v) is 16.6. The van der Waals surface area contributed by atoms with Crippen molar-refractivity contribution in [1.82, 2.24) is 14.9 Å². The molecule has 2 aromatic rings. The van der Waals surface area contributed by atoms with Crippen molar-refractivity contribution < 1.29 is 14.3 Å². The van der Waals surface area contributed by atoms with Gasteiger partial charge < -0.3 is 25.0 Å².